The zero-order valence-electron chi connectivity index (χ0n) is 11.1. The van der Waals surface area contributed by atoms with Crippen LogP contribution in [0.5, 0.6) is 0 Å². The van der Waals surface area contributed by atoms with Crippen LogP contribution in [0.15, 0.2) is 0 Å². The lowest BCUT2D eigenvalue weighted by atomic mass is 9.94. The van der Waals surface area contributed by atoms with Gasteiger partial charge in [-0.25, -0.2) is 0 Å². The van der Waals surface area contributed by atoms with Crippen molar-refractivity contribution >= 4 is 5.97 Å². The van der Waals surface area contributed by atoms with Gasteiger partial charge in [0, 0.05) is 6.04 Å². The zero-order chi connectivity index (χ0) is 12.6. The summed E-state index contributed by atoms with van der Waals surface area (Å²) in [6.07, 6.45) is 4.95. The van der Waals surface area contributed by atoms with E-state index in [2.05, 4.69) is 33.0 Å². The fourth-order valence-corrected chi connectivity index (χ4v) is 2.14. The van der Waals surface area contributed by atoms with Crippen molar-refractivity contribution in [3.8, 4) is 0 Å². The number of hydrogen-bond donors (Lipinski definition) is 2. The largest absolute Gasteiger partial charge is 0.480 e. The summed E-state index contributed by atoms with van der Waals surface area (Å²) in [5.41, 5.74) is 0. The molecule has 0 amide bonds. The lowest BCUT2D eigenvalue weighted by molar-refractivity contribution is -0.140. The fourth-order valence-electron chi connectivity index (χ4n) is 2.14. The van der Waals surface area contributed by atoms with Crippen LogP contribution < -0.4 is 5.32 Å². The Hall–Kier alpha value is -0.570. The highest BCUT2D eigenvalue weighted by Gasteiger charge is 2.22. The van der Waals surface area contributed by atoms with Crippen molar-refractivity contribution in [1.29, 1.82) is 0 Å². The molecule has 0 fully saturated rings. The van der Waals surface area contributed by atoms with Crippen LogP contribution in [0.4, 0.5) is 0 Å². The molecule has 3 heteroatoms. The van der Waals surface area contributed by atoms with Gasteiger partial charge < -0.3 is 10.4 Å². The summed E-state index contributed by atoms with van der Waals surface area (Å²) < 4.78 is 0. The van der Waals surface area contributed by atoms with Crippen LogP contribution in [-0.4, -0.2) is 23.2 Å². The molecule has 0 heterocycles. The fraction of sp³-hybridized carbons (Fsp3) is 0.923. The lowest BCUT2D eigenvalue weighted by Crippen LogP contribution is -2.45. The molecule has 3 nitrogen and oxygen atoms in total. The maximum Gasteiger partial charge on any atom is 0.320 e. The van der Waals surface area contributed by atoms with Crippen LogP contribution in [-0.2, 0) is 4.79 Å². The first kappa shape index (κ1) is 15.4. The van der Waals surface area contributed by atoms with Gasteiger partial charge >= 0.3 is 5.97 Å². The summed E-state index contributed by atoms with van der Waals surface area (Å²) >= 11 is 0. The Morgan fingerprint density at radius 1 is 1.25 bits per heavy atom. The van der Waals surface area contributed by atoms with Gasteiger partial charge in [0.2, 0.25) is 0 Å². The van der Waals surface area contributed by atoms with Gasteiger partial charge in [0.15, 0.2) is 0 Å². The second-order valence-corrected chi connectivity index (χ2v) is 4.56. The van der Waals surface area contributed by atoms with Gasteiger partial charge in [-0.1, -0.05) is 46.5 Å². The molecule has 0 aromatic carbocycles. The van der Waals surface area contributed by atoms with E-state index in [1.807, 2.05) is 0 Å². The Bertz CT molecular complexity index is 190. The van der Waals surface area contributed by atoms with Gasteiger partial charge in [0.1, 0.15) is 6.04 Å². The molecule has 0 aliphatic rings. The molecule has 0 aromatic rings. The highest BCUT2D eigenvalue weighted by atomic mass is 16.4. The van der Waals surface area contributed by atoms with Gasteiger partial charge in [-0.2, -0.15) is 0 Å². The molecule has 0 aliphatic heterocycles. The second-order valence-electron chi connectivity index (χ2n) is 4.56. The second kappa shape index (κ2) is 8.57. The molecule has 0 bridgehead atoms. The minimum Gasteiger partial charge on any atom is -0.480 e. The highest BCUT2D eigenvalue weighted by Crippen LogP contribution is 2.14. The number of carbonyl (C=O) groups is 1. The Morgan fingerprint density at radius 2 is 1.81 bits per heavy atom. The third-order valence-electron chi connectivity index (χ3n) is 3.36. The molecule has 0 spiro atoms. The number of unbranched alkanes of at least 4 members (excludes halogenated alkanes) is 1. The van der Waals surface area contributed by atoms with Crippen LogP contribution in [0.25, 0.3) is 0 Å². The standard InChI is InChI=1S/C13H27NO2/c1-5-8-9-12(13(15)16)14-10(4)11(6-2)7-3/h10-12,14H,5-9H2,1-4H3,(H,15,16). The van der Waals surface area contributed by atoms with E-state index >= 15 is 0 Å². The van der Waals surface area contributed by atoms with Crippen LogP contribution in [0.1, 0.15) is 59.8 Å². The monoisotopic (exact) mass is 229 g/mol. The van der Waals surface area contributed by atoms with Gasteiger partial charge in [-0.15, -0.1) is 0 Å². The maximum absolute atomic E-state index is 11.1. The van der Waals surface area contributed by atoms with Crippen molar-refractivity contribution < 1.29 is 9.90 Å². The first-order valence-corrected chi connectivity index (χ1v) is 6.55. The van der Waals surface area contributed by atoms with Gasteiger partial charge in [0.25, 0.3) is 0 Å². The van der Waals surface area contributed by atoms with Crippen LogP contribution >= 0.6 is 0 Å². The first-order chi connectivity index (χ1) is 7.56. The van der Waals surface area contributed by atoms with Crippen LogP contribution in [0.2, 0.25) is 0 Å². The highest BCUT2D eigenvalue weighted by molar-refractivity contribution is 5.73. The van der Waals surface area contributed by atoms with E-state index in [0.717, 1.165) is 32.1 Å². The number of nitrogens with one attached hydrogen (secondary N) is 1. The average molecular weight is 229 g/mol. The van der Waals surface area contributed by atoms with Gasteiger partial charge in [0.05, 0.1) is 0 Å². The molecule has 16 heavy (non-hydrogen) atoms. The summed E-state index contributed by atoms with van der Waals surface area (Å²) in [5, 5.41) is 12.4. The zero-order valence-corrected chi connectivity index (χ0v) is 11.1. The Labute approximate surface area is 99.6 Å². The van der Waals surface area contributed by atoms with E-state index in [9.17, 15) is 4.79 Å². The van der Waals surface area contributed by atoms with Gasteiger partial charge in [-0.05, 0) is 19.3 Å². The molecule has 2 N–H and O–H groups in total. The Kier molecular flexibility index (Phi) is 8.26. The van der Waals surface area contributed by atoms with Crippen LogP contribution in [0, 0.1) is 5.92 Å². The molecule has 96 valence electrons. The number of carboxylic acids is 1. The normalized spacial score (nSPS) is 15.1. The minimum absolute atomic E-state index is 0.285. The maximum atomic E-state index is 11.1. The van der Waals surface area contributed by atoms with Crippen LogP contribution in [0.3, 0.4) is 0 Å². The van der Waals surface area contributed by atoms with E-state index in [-0.39, 0.29) is 12.1 Å². The molecular weight excluding hydrogens is 202 g/mol. The molecule has 0 aliphatic carbocycles. The van der Waals surface area contributed by atoms with E-state index in [1.54, 1.807) is 0 Å². The lowest BCUT2D eigenvalue weighted by Gasteiger charge is -2.26. The molecular formula is C13H27NO2. The third kappa shape index (κ3) is 5.50. The topological polar surface area (TPSA) is 49.3 Å². The Morgan fingerprint density at radius 3 is 2.19 bits per heavy atom. The first-order valence-electron chi connectivity index (χ1n) is 6.55. The third-order valence-corrected chi connectivity index (χ3v) is 3.36. The summed E-state index contributed by atoms with van der Waals surface area (Å²) in [4.78, 5) is 11.1. The quantitative estimate of drug-likeness (QED) is 0.639. The molecule has 0 saturated carbocycles. The smallest absolute Gasteiger partial charge is 0.320 e. The summed E-state index contributed by atoms with van der Waals surface area (Å²) in [6.45, 7) is 8.51. The average Bonchev–Trinajstić information content (AvgIpc) is 2.25. The molecule has 2 atom stereocenters. The van der Waals surface area contributed by atoms with Crippen molar-refractivity contribution in [2.75, 3.05) is 0 Å². The molecule has 0 saturated heterocycles. The van der Waals surface area contributed by atoms with E-state index < -0.39 is 5.97 Å². The van der Waals surface area contributed by atoms with Crippen molar-refractivity contribution in [2.45, 2.75) is 71.9 Å². The van der Waals surface area contributed by atoms with Crippen molar-refractivity contribution in [3.05, 3.63) is 0 Å². The molecule has 0 aromatic heterocycles. The predicted molar refractivity (Wildman–Crippen MR) is 67.6 cm³/mol. The van der Waals surface area contributed by atoms with E-state index in [0.29, 0.717) is 5.92 Å². The molecule has 0 radical (unpaired) electrons. The Balaban J connectivity index is 4.21. The van der Waals surface area contributed by atoms with Crippen molar-refractivity contribution in [1.82, 2.24) is 5.32 Å². The summed E-state index contributed by atoms with van der Waals surface area (Å²) in [6, 6.07) is -0.0940. The number of rotatable bonds is 9. The van der Waals surface area contributed by atoms with Crippen molar-refractivity contribution in [3.63, 3.8) is 0 Å². The summed E-state index contributed by atoms with van der Waals surface area (Å²) in [5.74, 6) is -0.144. The van der Waals surface area contributed by atoms with Gasteiger partial charge in [-0.3, -0.25) is 4.79 Å². The van der Waals surface area contributed by atoms with E-state index in [1.165, 1.54) is 0 Å². The number of aliphatic carboxylic acids is 1. The van der Waals surface area contributed by atoms with Crippen molar-refractivity contribution in [2.24, 2.45) is 5.92 Å². The van der Waals surface area contributed by atoms with E-state index in [4.69, 9.17) is 5.11 Å². The number of carboxylic acid groups (broad SMARTS) is 1. The predicted octanol–water partition coefficient (Wildman–Crippen LogP) is 3.04. The molecule has 2 unspecified atom stereocenters. The number of hydrogen-bond acceptors (Lipinski definition) is 2. The minimum atomic E-state index is -0.716. The SMILES string of the molecule is CCCCC(NC(C)C(CC)CC)C(=O)O. The summed E-state index contributed by atoms with van der Waals surface area (Å²) in [7, 11) is 0. The molecule has 0 rings (SSSR count).